The Bertz CT molecular complexity index is 324. The summed E-state index contributed by atoms with van der Waals surface area (Å²) in [5, 5.41) is 3.31. The van der Waals surface area contributed by atoms with Crippen LogP contribution in [0.15, 0.2) is 30.3 Å². The SMILES string of the molecule is CCC[C@H](C)NCCOC(=O)c1ccccc1. The second-order valence-corrected chi connectivity index (χ2v) is 4.15. The summed E-state index contributed by atoms with van der Waals surface area (Å²) in [6.07, 6.45) is 2.31. The molecule has 1 aromatic rings. The van der Waals surface area contributed by atoms with Crippen molar-refractivity contribution in [3.05, 3.63) is 35.9 Å². The quantitative estimate of drug-likeness (QED) is 0.583. The lowest BCUT2D eigenvalue weighted by Crippen LogP contribution is -2.29. The predicted octanol–water partition coefficient (Wildman–Crippen LogP) is 2.62. The van der Waals surface area contributed by atoms with E-state index in [-0.39, 0.29) is 5.97 Å². The standard InChI is InChI=1S/C14H21NO2/c1-3-7-12(2)15-10-11-17-14(16)13-8-5-4-6-9-13/h4-6,8-9,12,15H,3,7,10-11H2,1-2H3/t12-/m0/s1. The van der Waals surface area contributed by atoms with Crippen LogP contribution in [0.1, 0.15) is 37.0 Å². The third-order valence-corrected chi connectivity index (χ3v) is 2.56. The van der Waals surface area contributed by atoms with E-state index in [0.717, 1.165) is 12.8 Å². The number of carbonyl (C=O) groups is 1. The number of benzene rings is 1. The van der Waals surface area contributed by atoms with Crippen molar-refractivity contribution in [3.63, 3.8) is 0 Å². The molecule has 0 unspecified atom stereocenters. The van der Waals surface area contributed by atoms with Gasteiger partial charge in [0.2, 0.25) is 0 Å². The molecule has 1 atom stereocenters. The number of carbonyl (C=O) groups excluding carboxylic acids is 1. The Balaban J connectivity index is 2.17. The minimum Gasteiger partial charge on any atom is -0.461 e. The lowest BCUT2D eigenvalue weighted by Gasteiger charge is -2.12. The van der Waals surface area contributed by atoms with E-state index in [0.29, 0.717) is 24.8 Å². The first-order valence-electron chi connectivity index (χ1n) is 6.19. The Kier molecular flexibility index (Phi) is 6.33. The van der Waals surface area contributed by atoms with Crippen molar-refractivity contribution in [2.75, 3.05) is 13.2 Å². The summed E-state index contributed by atoms with van der Waals surface area (Å²) in [5.41, 5.74) is 0.606. The van der Waals surface area contributed by atoms with E-state index < -0.39 is 0 Å². The fourth-order valence-corrected chi connectivity index (χ4v) is 1.64. The molecule has 0 radical (unpaired) electrons. The molecule has 0 saturated heterocycles. The molecule has 94 valence electrons. The molecule has 0 spiro atoms. The molecule has 1 rings (SSSR count). The molecule has 3 nitrogen and oxygen atoms in total. The highest BCUT2D eigenvalue weighted by atomic mass is 16.5. The van der Waals surface area contributed by atoms with E-state index in [4.69, 9.17) is 4.74 Å². The number of ether oxygens (including phenoxy) is 1. The molecule has 0 aliphatic heterocycles. The van der Waals surface area contributed by atoms with Crippen LogP contribution < -0.4 is 5.32 Å². The monoisotopic (exact) mass is 235 g/mol. The zero-order valence-electron chi connectivity index (χ0n) is 10.6. The third kappa shape index (κ3) is 5.50. The van der Waals surface area contributed by atoms with E-state index in [1.807, 2.05) is 18.2 Å². The van der Waals surface area contributed by atoms with Gasteiger partial charge in [-0.3, -0.25) is 0 Å². The van der Waals surface area contributed by atoms with Gasteiger partial charge in [-0.2, -0.15) is 0 Å². The number of hydrogen-bond donors (Lipinski definition) is 1. The average Bonchev–Trinajstić information content (AvgIpc) is 2.36. The van der Waals surface area contributed by atoms with Crippen molar-refractivity contribution in [3.8, 4) is 0 Å². The van der Waals surface area contributed by atoms with Crippen LogP contribution >= 0.6 is 0 Å². The molecular formula is C14H21NO2. The van der Waals surface area contributed by atoms with E-state index in [1.165, 1.54) is 0 Å². The van der Waals surface area contributed by atoms with Gasteiger partial charge in [0.15, 0.2) is 0 Å². The highest BCUT2D eigenvalue weighted by Gasteiger charge is 2.05. The van der Waals surface area contributed by atoms with Crippen LogP contribution in [0.25, 0.3) is 0 Å². The van der Waals surface area contributed by atoms with Crippen LogP contribution in [0.5, 0.6) is 0 Å². The second-order valence-electron chi connectivity index (χ2n) is 4.15. The molecule has 0 fully saturated rings. The summed E-state index contributed by atoms with van der Waals surface area (Å²) >= 11 is 0. The van der Waals surface area contributed by atoms with Gasteiger partial charge in [0.1, 0.15) is 6.61 Å². The van der Waals surface area contributed by atoms with Crippen LogP contribution in [0, 0.1) is 0 Å². The Labute approximate surface area is 103 Å². The fourth-order valence-electron chi connectivity index (χ4n) is 1.64. The van der Waals surface area contributed by atoms with Crippen LogP contribution in [0.4, 0.5) is 0 Å². The molecule has 0 bridgehead atoms. The molecule has 17 heavy (non-hydrogen) atoms. The summed E-state index contributed by atoms with van der Waals surface area (Å²) in [6, 6.07) is 9.54. The average molecular weight is 235 g/mol. The van der Waals surface area contributed by atoms with Gasteiger partial charge in [0, 0.05) is 12.6 Å². The van der Waals surface area contributed by atoms with Gasteiger partial charge in [-0.1, -0.05) is 31.5 Å². The maximum absolute atomic E-state index is 11.6. The zero-order chi connectivity index (χ0) is 12.5. The van der Waals surface area contributed by atoms with E-state index in [9.17, 15) is 4.79 Å². The Hall–Kier alpha value is -1.35. The molecule has 0 heterocycles. The minimum absolute atomic E-state index is 0.254. The molecule has 0 aliphatic carbocycles. The van der Waals surface area contributed by atoms with Crippen molar-refractivity contribution in [1.82, 2.24) is 5.32 Å². The second kappa shape index (κ2) is 7.85. The van der Waals surface area contributed by atoms with Crippen LogP contribution in [0.2, 0.25) is 0 Å². The highest BCUT2D eigenvalue weighted by Crippen LogP contribution is 2.00. The lowest BCUT2D eigenvalue weighted by atomic mass is 10.2. The van der Waals surface area contributed by atoms with Crippen LogP contribution in [0.3, 0.4) is 0 Å². The minimum atomic E-state index is -0.254. The molecule has 0 saturated carbocycles. The normalized spacial score (nSPS) is 12.1. The first kappa shape index (κ1) is 13.7. The molecular weight excluding hydrogens is 214 g/mol. The van der Waals surface area contributed by atoms with Gasteiger partial charge >= 0.3 is 5.97 Å². The molecule has 1 aromatic carbocycles. The summed E-state index contributed by atoms with van der Waals surface area (Å²) < 4.78 is 5.16. The smallest absolute Gasteiger partial charge is 0.338 e. The zero-order valence-corrected chi connectivity index (χ0v) is 10.6. The van der Waals surface area contributed by atoms with Crippen molar-refractivity contribution < 1.29 is 9.53 Å². The van der Waals surface area contributed by atoms with E-state index >= 15 is 0 Å². The number of hydrogen-bond acceptors (Lipinski definition) is 3. The van der Waals surface area contributed by atoms with Crippen molar-refractivity contribution in [2.45, 2.75) is 32.7 Å². The summed E-state index contributed by atoms with van der Waals surface area (Å²) in [4.78, 5) is 11.6. The van der Waals surface area contributed by atoms with Crippen LogP contribution in [-0.2, 0) is 4.74 Å². The number of nitrogens with one attached hydrogen (secondary N) is 1. The third-order valence-electron chi connectivity index (χ3n) is 2.56. The predicted molar refractivity (Wildman–Crippen MR) is 69.1 cm³/mol. The van der Waals surface area contributed by atoms with E-state index in [2.05, 4.69) is 19.2 Å². The molecule has 0 amide bonds. The molecule has 3 heteroatoms. The maximum atomic E-state index is 11.6. The molecule has 1 N–H and O–H groups in total. The van der Waals surface area contributed by atoms with Crippen LogP contribution in [-0.4, -0.2) is 25.2 Å². The fraction of sp³-hybridized carbons (Fsp3) is 0.500. The topological polar surface area (TPSA) is 38.3 Å². The van der Waals surface area contributed by atoms with E-state index in [1.54, 1.807) is 12.1 Å². The largest absolute Gasteiger partial charge is 0.461 e. The highest BCUT2D eigenvalue weighted by molar-refractivity contribution is 5.89. The van der Waals surface area contributed by atoms with Crippen molar-refractivity contribution in [1.29, 1.82) is 0 Å². The van der Waals surface area contributed by atoms with Gasteiger partial charge < -0.3 is 10.1 Å². The van der Waals surface area contributed by atoms with Crippen molar-refractivity contribution >= 4 is 5.97 Å². The van der Waals surface area contributed by atoms with Gasteiger partial charge in [-0.25, -0.2) is 4.79 Å². The number of esters is 1. The Morgan fingerprint density at radius 3 is 2.71 bits per heavy atom. The van der Waals surface area contributed by atoms with Crippen molar-refractivity contribution in [2.24, 2.45) is 0 Å². The van der Waals surface area contributed by atoms with Gasteiger partial charge in [0.05, 0.1) is 5.56 Å². The summed E-state index contributed by atoms with van der Waals surface area (Å²) in [7, 11) is 0. The Morgan fingerprint density at radius 2 is 2.06 bits per heavy atom. The van der Waals surface area contributed by atoms with Gasteiger partial charge in [-0.15, -0.1) is 0 Å². The summed E-state index contributed by atoms with van der Waals surface area (Å²) in [6.45, 7) is 5.43. The van der Waals surface area contributed by atoms with Gasteiger partial charge in [0.25, 0.3) is 0 Å². The number of rotatable bonds is 7. The first-order valence-corrected chi connectivity index (χ1v) is 6.19. The van der Waals surface area contributed by atoms with Gasteiger partial charge in [-0.05, 0) is 25.5 Å². The maximum Gasteiger partial charge on any atom is 0.338 e. The Morgan fingerprint density at radius 1 is 1.35 bits per heavy atom. The molecule has 0 aliphatic rings. The summed E-state index contributed by atoms with van der Waals surface area (Å²) in [5.74, 6) is -0.254. The first-order chi connectivity index (χ1) is 8.24. The lowest BCUT2D eigenvalue weighted by molar-refractivity contribution is 0.0506. The molecule has 0 aromatic heterocycles.